The Morgan fingerprint density at radius 3 is 2.96 bits per heavy atom. The lowest BCUT2D eigenvalue weighted by molar-refractivity contribution is 0.156. The summed E-state index contributed by atoms with van der Waals surface area (Å²) in [5.41, 5.74) is 1.44. The first-order chi connectivity index (χ1) is 11.1. The molecule has 1 atom stereocenters. The Bertz CT molecular complexity index is 585. The van der Waals surface area contributed by atoms with Gasteiger partial charge in [0, 0.05) is 48.7 Å². The molecule has 1 N–H and O–H groups in total. The van der Waals surface area contributed by atoms with Crippen molar-refractivity contribution in [3.05, 3.63) is 33.8 Å². The van der Waals surface area contributed by atoms with Crippen molar-refractivity contribution < 1.29 is 4.74 Å². The monoisotopic (exact) mass is 355 g/mol. The zero-order valence-corrected chi connectivity index (χ0v) is 15.0. The molecule has 0 saturated carbocycles. The molecule has 4 nitrogen and oxygen atoms in total. The van der Waals surface area contributed by atoms with Crippen molar-refractivity contribution in [2.24, 2.45) is 10.4 Å². The van der Waals surface area contributed by atoms with Crippen LogP contribution >= 0.6 is 23.2 Å². The van der Waals surface area contributed by atoms with E-state index in [0.717, 1.165) is 55.8 Å². The van der Waals surface area contributed by atoms with Gasteiger partial charge in [0.25, 0.3) is 0 Å². The van der Waals surface area contributed by atoms with Gasteiger partial charge in [-0.25, -0.2) is 0 Å². The molecular weight excluding hydrogens is 333 g/mol. The molecule has 6 heteroatoms. The average molecular weight is 356 g/mol. The highest BCUT2D eigenvalue weighted by atomic mass is 35.5. The van der Waals surface area contributed by atoms with E-state index >= 15 is 0 Å². The molecule has 1 spiro atoms. The molecule has 23 heavy (non-hydrogen) atoms. The van der Waals surface area contributed by atoms with Gasteiger partial charge < -0.3 is 15.0 Å². The van der Waals surface area contributed by atoms with E-state index < -0.39 is 0 Å². The van der Waals surface area contributed by atoms with Crippen molar-refractivity contribution in [2.45, 2.75) is 19.3 Å². The zero-order valence-electron chi connectivity index (χ0n) is 13.4. The van der Waals surface area contributed by atoms with Crippen LogP contribution in [-0.4, -0.2) is 50.8 Å². The Balaban J connectivity index is 1.52. The predicted molar refractivity (Wildman–Crippen MR) is 95.6 cm³/mol. The first-order valence-corrected chi connectivity index (χ1v) is 8.85. The standard InChI is InChI=1S/C17H23Cl2N3O/c1-20-16(22-8-5-17(11-22)6-9-23-12-17)21-7-4-13-2-3-14(18)10-15(13)19/h2-3,10H,4-9,11-12H2,1H3,(H,20,21). The maximum atomic E-state index is 6.22. The number of ether oxygens (including phenoxy) is 1. The molecule has 0 radical (unpaired) electrons. The molecule has 126 valence electrons. The van der Waals surface area contributed by atoms with Crippen LogP contribution < -0.4 is 5.32 Å². The van der Waals surface area contributed by atoms with E-state index in [1.807, 2.05) is 19.2 Å². The fraction of sp³-hybridized carbons (Fsp3) is 0.588. The van der Waals surface area contributed by atoms with Crippen molar-refractivity contribution in [3.63, 3.8) is 0 Å². The molecule has 0 amide bonds. The van der Waals surface area contributed by atoms with E-state index in [-0.39, 0.29) is 0 Å². The molecule has 1 aromatic rings. The molecule has 2 heterocycles. The molecule has 2 fully saturated rings. The predicted octanol–water partition coefficient (Wildman–Crippen LogP) is 3.22. The summed E-state index contributed by atoms with van der Waals surface area (Å²) in [7, 11) is 1.84. The van der Waals surface area contributed by atoms with Crippen molar-refractivity contribution in [1.82, 2.24) is 10.2 Å². The van der Waals surface area contributed by atoms with Crippen LogP contribution in [0.25, 0.3) is 0 Å². The van der Waals surface area contributed by atoms with Crippen LogP contribution in [0.2, 0.25) is 10.0 Å². The second-order valence-corrected chi connectivity index (χ2v) is 7.28. The van der Waals surface area contributed by atoms with Crippen LogP contribution in [0, 0.1) is 5.41 Å². The Labute approximate surface area is 147 Å². The highest BCUT2D eigenvalue weighted by Crippen LogP contribution is 2.38. The van der Waals surface area contributed by atoms with Crippen LogP contribution in [0.3, 0.4) is 0 Å². The van der Waals surface area contributed by atoms with E-state index in [1.165, 1.54) is 12.8 Å². The summed E-state index contributed by atoms with van der Waals surface area (Å²) in [6, 6.07) is 5.65. The number of guanidine groups is 1. The highest BCUT2D eigenvalue weighted by molar-refractivity contribution is 6.35. The lowest BCUT2D eigenvalue weighted by Crippen LogP contribution is -2.42. The van der Waals surface area contributed by atoms with Crippen LogP contribution in [0.4, 0.5) is 0 Å². The van der Waals surface area contributed by atoms with E-state index in [4.69, 9.17) is 27.9 Å². The number of hydrogen-bond acceptors (Lipinski definition) is 2. The Morgan fingerprint density at radius 2 is 2.26 bits per heavy atom. The molecule has 0 aromatic heterocycles. The number of rotatable bonds is 3. The fourth-order valence-corrected chi connectivity index (χ4v) is 3.96. The molecule has 3 rings (SSSR count). The number of halogens is 2. The number of benzene rings is 1. The Kier molecular flexibility index (Phi) is 5.34. The van der Waals surface area contributed by atoms with Gasteiger partial charge in [-0.2, -0.15) is 0 Å². The van der Waals surface area contributed by atoms with E-state index in [1.54, 1.807) is 6.07 Å². The second kappa shape index (κ2) is 7.29. The van der Waals surface area contributed by atoms with Gasteiger partial charge in [-0.1, -0.05) is 29.3 Å². The molecule has 2 saturated heterocycles. The van der Waals surface area contributed by atoms with Gasteiger partial charge >= 0.3 is 0 Å². The second-order valence-electron chi connectivity index (χ2n) is 6.43. The van der Waals surface area contributed by atoms with Gasteiger partial charge in [0.2, 0.25) is 0 Å². The number of aliphatic imine (C=N–C) groups is 1. The largest absolute Gasteiger partial charge is 0.381 e. The maximum Gasteiger partial charge on any atom is 0.193 e. The van der Waals surface area contributed by atoms with Gasteiger partial charge in [-0.15, -0.1) is 0 Å². The first-order valence-electron chi connectivity index (χ1n) is 8.09. The molecule has 2 aliphatic rings. The van der Waals surface area contributed by atoms with E-state index in [2.05, 4.69) is 15.2 Å². The zero-order chi connectivity index (χ0) is 16.3. The lowest BCUT2D eigenvalue weighted by atomic mass is 9.87. The number of hydrogen-bond donors (Lipinski definition) is 1. The molecular formula is C17H23Cl2N3O. The maximum absolute atomic E-state index is 6.22. The minimum Gasteiger partial charge on any atom is -0.381 e. The molecule has 0 bridgehead atoms. The minimum absolute atomic E-state index is 0.344. The first kappa shape index (κ1) is 16.9. The van der Waals surface area contributed by atoms with Crippen LogP contribution in [0.5, 0.6) is 0 Å². The van der Waals surface area contributed by atoms with Gasteiger partial charge in [-0.3, -0.25) is 4.99 Å². The van der Waals surface area contributed by atoms with Crippen LogP contribution in [0.15, 0.2) is 23.2 Å². The van der Waals surface area contributed by atoms with Crippen molar-refractivity contribution in [2.75, 3.05) is 39.9 Å². The van der Waals surface area contributed by atoms with Crippen LogP contribution in [0.1, 0.15) is 18.4 Å². The summed E-state index contributed by atoms with van der Waals surface area (Å²) in [5, 5.41) is 4.84. The van der Waals surface area contributed by atoms with Crippen molar-refractivity contribution >= 4 is 29.2 Å². The van der Waals surface area contributed by atoms with Gasteiger partial charge in [0.15, 0.2) is 5.96 Å². The van der Waals surface area contributed by atoms with Gasteiger partial charge in [0.05, 0.1) is 6.61 Å². The summed E-state index contributed by atoms with van der Waals surface area (Å²) in [6.07, 6.45) is 3.20. The summed E-state index contributed by atoms with van der Waals surface area (Å²) < 4.78 is 5.59. The summed E-state index contributed by atoms with van der Waals surface area (Å²) in [4.78, 5) is 6.77. The highest BCUT2D eigenvalue weighted by Gasteiger charge is 2.42. The van der Waals surface area contributed by atoms with Crippen LogP contribution in [-0.2, 0) is 11.2 Å². The lowest BCUT2D eigenvalue weighted by Gasteiger charge is -2.25. The smallest absolute Gasteiger partial charge is 0.193 e. The number of nitrogens with one attached hydrogen (secondary N) is 1. The summed E-state index contributed by atoms with van der Waals surface area (Å²) >= 11 is 12.2. The van der Waals surface area contributed by atoms with Gasteiger partial charge in [0.1, 0.15) is 0 Å². The third-order valence-electron chi connectivity index (χ3n) is 4.83. The number of likely N-dealkylation sites (tertiary alicyclic amines) is 1. The third-order valence-corrected chi connectivity index (χ3v) is 5.41. The SMILES string of the molecule is CN=C(NCCc1ccc(Cl)cc1Cl)N1CCC2(CCOC2)C1. The van der Waals surface area contributed by atoms with Crippen molar-refractivity contribution in [3.8, 4) is 0 Å². The van der Waals surface area contributed by atoms with E-state index in [9.17, 15) is 0 Å². The van der Waals surface area contributed by atoms with Gasteiger partial charge in [-0.05, 0) is 37.0 Å². The summed E-state index contributed by atoms with van der Waals surface area (Å²) in [5.74, 6) is 0.971. The Hall–Kier alpha value is -0.970. The van der Waals surface area contributed by atoms with Crippen molar-refractivity contribution in [1.29, 1.82) is 0 Å². The topological polar surface area (TPSA) is 36.9 Å². The average Bonchev–Trinajstić information content (AvgIpc) is 3.16. The quantitative estimate of drug-likeness (QED) is 0.667. The normalized spacial score (nSPS) is 24.7. The number of nitrogens with zero attached hydrogens (tertiary/aromatic N) is 2. The fourth-order valence-electron chi connectivity index (χ4n) is 3.45. The molecule has 0 aliphatic carbocycles. The molecule has 1 unspecified atom stereocenters. The molecule has 2 aliphatic heterocycles. The van der Waals surface area contributed by atoms with E-state index in [0.29, 0.717) is 10.4 Å². The Morgan fingerprint density at radius 1 is 1.39 bits per heavy atom. The third kappa shape index (κ3) is 3.93. The summed E-state index contributed by atoms with van der Waals surface area (Å²) in [6.45, 7) is 4.67. The minimum atomic E-state index is 0.344. The molecule has 1 aromatic carbocycles.